The molecule has 0 saturated heterocycles. The molecular weight excluding hydrogens is 372 g/mol. The zero-order chi connectivity index (χ0) is 20.3. The van der Waals surface area contributed by atoms with Gasteiger partial charge in [-0.25, -0.2) is 4.98 Å². The van der Waals surface area contributed by atoms with Gasteiger partial charge in [0.15, 0.2) is 17.5 Å². The first-order chi connectivity index (χ1) is 14.6. The van der Waals surface area contributed by atoms with Gasteiger partial charge in [0.05, 0.1) is 11.4 Å². The number of aromatic nitrogens is 4. The first kappa shape index (κ1) is 17.4. The van der Waals surface area contributed by atoms with Gasteiger partial charge in [-0.3, -0.25) is 4.57 Å². The number of nitrogens with one attached hydrogen (secondary N) is 1. The highest BCUT2D eigenvalue weighted by molar-refractivity contribution is 5.86. The molecule has 1 aliphatic heterocycles. The van der Waals surface area contributed by atoms with E-state index in [0.29, 0.717) is 0 Å². The number of anilines is 2. The lowest BCUT2D eigenvalue weighted by Gasteiger charge is -2.38. The SMILES string of the molecule is Cc1cccc2c1Nc1ncccc1-n1c(-c3ccc(C4(N)CCC4)cc3)nnc1-2. The average molecular weight is 394 g/mol. The normalized spacial score (nSPS) is 15.8. The van der Waals surface area contributed by atoms with Crippen molar-refractivity contribution in [2.45, 2.75) is 31.7 Å². The lowest BCUT2D eigenvalue weighted by molar-refractivity contribution is 0.253. The third-order valence-corrected chi connectivity index (χ3v) is 6.41. The Balaban J connectivity index is 1.55. The number of para-hydroxylation sites is 1. The second-order valence-corrected chi connectivity index (χ2v) is 8.26. The first-order valence-corrected chi connectivity index (χ1v) is 10.3. The second-order valence-electron chi connectivity index (χ2n) is 8.26. The molecule has 1 aliphatic carbocycles. The minimum Gasteiger partial charge on any atom is -0.338 e. The van der Waals surface area contributed by atoms with Crippen molar-refractivity contribution in [3.63, 3.8) is 0 Å². The van der Waals surface area contributed by atoms with Crippen LogP contribution in [0, 0.1) is 6.92 Å². The molecule has 1 saturated carbocycles. The monoisotopic (exact) mass is 394 g/mol. The lowest BCUT2D eigenvalue weighted by Crippen LogP contribution is -2.43. The highest BCUT2D eigenvalue weighted by Crippen LogP contribution is 2.42. The van der Waals surface area contributed by atoms with Crippen LogP contribution in [0.4, 0.5) is 11.5 Å². The summed E-state index contributed by atoms with van der Waals surface area (Å²) in [6.45, 7) is 2.09. The molecule has 0 radical (unpaired) electrons. The van der Waals surface area contributed by atoms with E-state index < -0.39 is 0 Å². The number of pyridine rings is 1. The summed E-state index contributed by atoms with van der Waals surface area (Å²) in [7, 11) is 0. The van der Waals surface area contributed by atoms with Crippen molar-refractivity contribution in [3.8, 4) is 28.5 Å². The van der Waals surface area contributed by atoms with E-state index in [2.05, 4.69) is 68.4 Å². The number of nitrogens with two attached hydrogens (primary N) is 1. The second kappa shape index (κ2) is 6.24. The zero-order valence-electron chi connectivity index (χ0n) is 16.8. The molecule has 0 unspecified atom stereocenters. The molecule has 6 rings (SSSR count). The van der Waals surface area contributed by atoms with E-state index in [-0.39, 0.29) is 5.54 Å². The van der Waals surface area contributed by atoms with Gasteiger partial charge in [0.1, 0.15) is 0 Å². The lowest BCUT2D eigenvalue weighted by atomic mass is 9.73. The Morgan fingerprint density at radius 2 is 1.77 bits per heavy atom. The van der Waals surface area contributed by atoms with Crippen LogP contribution in [0.3, 0.4) is 0 Å². The van der Waals surface area contributed by atoms with E-state index in [1.54, 1.807) is 6.20 Å². The standard InChI is InChI=1S/C24H22N6/c1-15-5-2-6-18-20(15)27-21-19(7-3-14-26-21)30-22(28-29-23(18)30)16-8-10-17(11-9-16)24(25)12-4-13-24/h2-3,5-11,14H,4,12-13,25H2,1H3,(H,26,27). The summed E-state index contributed by atoms with van der Waals surface area (Å²) in [4.78, 5) is 4.59. The molecule has 0 amide bonds. The predicted octanol–water partition coefficient (Wildman–Crippen LogP) is 4.70. The molecule has 4 aromatic rings. The summed E-state index contributed by atoms with van der Waals surface area (Å²) in [5.74, 6) is 2.39. The molecule has 3 heterocycles. The molecule has 148 valence electrons. The van der Waals surface area contributed by atoms with Crippen molar-refractivity contribution < 1.29 is 0 Å². The average Bonchev–Trinajstić information content (AvgIpc) is 3.13. The molecular formula is C24H22N6. The van der Waals surface area contributed by atoms with E-state index in [1.165, 1.54) is 12.0 Å². The Labute approximate surface area is 174 Å². The topological polar surface area (TPSA) is 81.7 Å². The number of rotatable bonds is 2. The summed E-state index contributed by atoms with van der Waals surface area (Å²) in [5, 5.41) is 12.7. The van der Waals surface area contributed by atoms with E-state index in [1.807, 2.05) is 18.2 Å². The fourth-order valence-electron chi connectivity index (χ4n) is 4.48. The Hall–Kier alpha value is -3.51. The Morgan fingerprint density at radius 1 is 0.967 bits per heavy atom. The first-order valence-electron chi connectivity index (χ1n) is 10.3. The summed E-state index contributed by atoms with van der Waals surface area (Å²) in [6, 6.07) is 18.7. The van der Waals surface area contributed by atoms with Crippen molar-refractivity contribution >= 4 is 11.5 Å². The summed E-state index contributed by atoms with van der Waals surface area (Å²) in [5.41, 5.74) is 12.6. The Kier molecular flexibility index (Phi) is 3.61. The Bertz CT molecular complexity index is 1270. The van der Waals surface area contributed by atoms with Crippen LogP contribution in [0.5, 0.6) is 0 Å². The summed E-state index contributed by atoms with van der Waals surface area (Å²) in [6.07, 6.45) is 5.10. The molecule has 1 fully saturated rings. The number of hydrogen-bond donors (Lipinski definition) is 2. The van der Waals surface area contributed by atoms with Gasteiger partial charge < -0.3 is 11.1 Å². The summed E-state index contributed by atoms with van der Waals surface area (Å²) >= 11 is 0. The van der Waals surface area contributed by atoms with Gasteiger partial charge >= 0.3 is 0 Å². The minimum absolute atomic E-state index is 0.169. The number of nitrogens with zero attached hydrogens (tertiary/aromatic N) is 4. The van der Waals surface area contributed by atoms with Crippen LogP contribution in [0.1, 0.15) is 30.4 Å². The van der Waals surface area contributed by atoms with Crippen LogP contribution < -0.4 is 11.1 Å². The van der Waals surface area contributed by atoms with Crippen LogP contribution in [-0.4, -0.2) is 19.7 Å². The molecule has 30 heavy (non-hydrogen) atoms. The number of hydrogen-bond acceptors (Lipinski definition) is 5. The van der Waals surface area contributed by atoms with Crippen LogP contribution in [0.25, 0.3) is 28.5 Å². The van der Waals surface area contributed by atoms with Crippen LogP contribution >= 0.6 is 0 Å². The maximum absolute atomic E-state index is 6.51. The molecule has 0 bridgehead atoms. The van der Waals surface area contributed by atoms with Gasteiger partial charge in [-0.05, 0) is 55.5 Å². The van der Waals surface area contributed by atoms with Crippen molar-refractivity contribution in [3.05, 3.63) is 71.9 Å². The molecule has 0 spiro atoms. The quantitative estimate of drug-likeness (QED) is 0.454. The third kappa shape index (κ3) is 2.44. The van der Waals surface area contributed by atoms with E-state index in [4.69, 9.17) is 5.73 Å². The van der Waals surface area contributed by atoms with Gasteiger partial charge in [-0.15, -0.1) is 10.2 Å². The molecule has 2 aliphatic rings. The molecule has 2 aromatic carbocycles. The van der Waals surface area contributed by atoms with E-state index >= 15 is 0 Å². The van der Waals surface area contributed by atoms with E-state index in [0.717, 1.165) is 58.4 Å². The van der Waals surface area contributed by atoms with Gasteiger partial charge in [0.2, 0.25) is 0 Å². The van der Waals surface area contributed by atoms with Crippen LogP contribution in [0.2, 0.25) is 0 Å². The number of fused-ring (bicyclic) bond motifs is 5. The molecule has 3 N–H and O–H groups in total. The van der Waals surface area contributed by atoms with Gasteiger partial charge in [0, 0.05) is 22.9 Å². The fraction of sp³-hybridized carbons (Fsp3) is 0.208. The van der Waals surface area contributed by atoms with Gasteiger partial charge in [0.25, 0.3) is 0 Å². The Morgan fingerprint density at radius 3 is 2.53 bits per heavy atom. The minimum atomic E-state index is -0.169. The summed E-state index contributed by atoms with van der Waals surface area (Å²) < 4.78 is 2.09. The smallest absolute Gasteiger partial charge is 0.171 e. The number of aryl methyl sites for hydroxylation is 1. The van der Waals surface area contributed by atoms with Crippen LogP contribution in [-0.2, 0) is 5.54 Å². The van der Waals surface area contributed by atoms with Crippen molar-refractivity contribution in [1.29, 1.82) is 0 Å². The largest absolute Gasteiger partial charge is 0.338 e. The predicted molar refractivity (Wildman–Crippen MR) is 118 cm³/mol. The van der Waals surface area contributed by atoms with Gasteiger partial charge in [-0.1, -0.05) is 36.4 Å². The van der Waals surface area contributed by atoms with Crippen molar-refractivity contribution in [2.75, 3.05) is 5.32 Å². The van der Waals surface area contributed by atoms with Crippen molar-refractivity contribution in [1.82, 2.24) is 19.7 Å². The molecule has 6 nitrogen and oxygen atoms in total. The number of benzene rings is 2. The van der Waals surface area contributed by atoms with Gasteiger partial charge in [-0.2, -0.15) is 0 Å². The van der Waals surface area contributed by atoms with E-state index in [9.17, 15) is 0 Å². The van der Waals surface area contributed by atoms with Crippen LogP contribution in [0.15, 0.2) is 60.8 Å². The highest BCUT2D eigenvalue weighted by atomic mass is 15.3. The zero-order valence-corrected chi connectivity index (χ0v) is 16.8. The fourth-order valence-corrected chi connectivity index (χ4v) is 4.48. The maximum atomic E-state index is 6.51. The third-order valence-electron chi connectivity index (χ3n) is 6.41. The highest BCUT2D eigenvalue weighted by Gasteiger charge is 2.34. The molecule has 2 aromatic heterocycles. The van der Waals surface area contributed by atoms with Crippen molar-refractivity contribution in [2.24, 2.45) is 5.73 Å². The molecule has 0 atom stereocenters. The maximum Gasteiger partial charge on any atom is 0.171 e. The molecule has 6 heteroatoms.